The maximum absolute atomic E-state index is 13.4. The second-order valence-electron chi connectivity index (χ2n) is 15.6. The van der Waals surface area contributed by atoms with E-state index in [9.17, 15) is 19.1 Å². The van der Waals surface area contributed by atoms with Crippen LogP contribution in [-0.2, 0) is 19.6 Å². The molecule has 1 aliphatic heterocycles. The van der Waals surface area contributed by atoms with Gasteiger partial charge in [-0.2, -0.15) is 5.26 Å². The molecule has 3 aromatic carbocycles. The van der Waals surface area contributed by atoms with Gasteiger partial charge in [-0.1, -0.05) is 53.5 Å². The van der Waals surface area contributed by atoms with Crippen molar-refractivity contribution < 1.29 is 28.1 Å². The molecule has 12 heteroatoms. The lowest BCUT2D eigenvalue weighted by molar-refractivity contribution is -0.213. The monoisotopic (exact) mass is 788 g/mol. The molecular formula is C43H44Cl2F2N4O4. The Kier molecular flexibility index (Phi) is 10.9. The molecule has 2 N–H and O–H groups in total. The van der Waals surface area contributed by atoms with Crippen LogP contribution in [0.25, 0.3) is 11.1 Å². The number of nitrogens with one attached hydrogen (secondary N) is 1. The number of likely N-dealkylation sites (tertiary alicyclic amines) is 1. The third-order valence-electron chi connectivity index (χ3n) is 11.5. The van der Waals surface area contributed by atoms with Gasteiger partial charge >= 0.3 is 0 Å². The molecule has 0 amide bonds. The lowest BCUT2D eigenvalue weighted by Crippen LogP contribution is -2.65. The van der Waals surface area contributed by atoms with Gasteiger partial charge in [0.15, 0.2) is 0 Å². The Balaban J connectivity index is 0.949. The number of aliphatic hydroxyl groups excluding tert-OH is 1. The van der Waals surface area contributed by atoms with E-state index in [0.717, 1.165) is 91.5 Å². The van der Waals surface area contributed by atoms with Crippen LogP contribution in [0, 0.1) is 16.7 Å². The van der Waals surface area contributed by atoms with Gasteiger partial charge in [0, 0.05) is 85.6 Å². The van der Waals surface area contributed by atoms with Crippen molar-refractivity contribution in [3.8, 4) is 34.4 Å². The van der Waals surface area contributed by atoms with Crippen LogP contribution < -0.4 is 19.5 Å². The number of hydrogen-bond donors (Lipinski definition) is 2. The summed E-state index contributed by atoms with van der Waals surface area (Å²) in [6.45, 7) is 3.44. The topological polar surface area (TPSA) is 99.9 Å². The normalized spacial score (nSPS) is 22.1. The molecule has 3 fully saturated rings. The molecule has 1 spiro atoms. The number of nitriles is 1. The summed E-state index contributed by atoms with van der Waals surface area (Å²) < 4.78 is 45.9. The molecule has 4 aromatic rings. The van der Waals surface area contributed by atoms with Gasteiger partial charge in [-0.25, -0.2) is 8.78 Å². The average Bonchev–Trinajstić information content (AvgIpc) is 3.76. The van der Waals surface area contributed by atoms with E-state index in [1.54, 1.807) is 12.3 Å². The molecule has 0 radical (unpaired) electrons. The lowest BCUT2D eigenvalue weighted by atomic mass is 9.61. The largest absolute Gasteiger partial charge is 0.492 e. The van der Waals surface area contributed by atoms with Crippen LogP contribution in [-0.4, -0.2) is 59.3 Å². The van der Waals surface area contributed by atoms with Crippen molar-refractivity contribution in [1.82, 2.24) is 15.2 Å². The van der Waals surface area contributed by atoms with Crippen LogP contribution in [0.15, 0.2) is 67.0 Å². The van der Waals surface area contributed by atoms with Crippen LogP contribution in [0.4, 0.5) is 8.78 Å². The van der Waals surface area contributed by atoms with Crippen molar-refractivity contribution in [3.63, 3.8) is 0 Å². The number of halogens is 4. The summed E-state index contributed by atoms with van der Waals surface area (Å²) in [6.07, 6.45) is 7.57. The number of hydrogen-bond acceptors (Lipinski definition) is 8. The highest BCUT2D eigenvalue weighted by Gasteiger charge is 2.61. The van der Waals surface area contributed by atoms with Crippen molar-refractivity contribution in [2.75, 3.05) is 26.2 Å². The Morgan fingerprint density at radius 1 is 0.964 bits per heavy atom. The SMILES string of the molecule is N#Cc1cncc(COc2cc(O[C@H]3CCc4c(-c5cccc(OCCCN6CC7(C6)CC(F)(F)C7)c5Cl)cccc43)c(Cl)cc2CN[C@H]2CCC[C@H]2O)c1. The highest BCUT2D eigenvalue weighted by atomic mass is 35.5. The number of pyridine rings is 1. The highest BCUT2D eigenvalue weighted by Crippen LogP contribution is 2.56. The molecule has 288 valence electrons. The van der Waals surface area contributed by atoms with Crippen molar-refractivity contribution >= 4 is 23.2 Å². The van der Waals surface area contributed by atoms with E-state index in [-0.39, 0.29) is 43.1 Å². The van der Waals surface area contributed by atoms with Crippen molar-refractivity contribution in [3.05, 3.63) is 105 Å². The van der Waals surface area contributed by atoms with E-state index in [4.69, 9.17) is 37.4 Å². The fourth-order valence-electron chi connectivity index (χ4n) is 8.92. The number of aliphatic hydroxyl groups is 1. The maximum atomic E-state index is 13.4. The zero-order valence-corrected chi connectivity index (χ0v) is 32.0. The minimum Gasteiger partial charge on any atom is -0.492 e. The first kappa shape index (κ1) is 37.9. The van der Waals surface area contributed by atoms with Gasteiger partial charge in [-0.15, -0.1) is 0 Å². The third kappa shape index (κ3) is 8.28. The molecule has 55 heavy (non-hydrogen) atoms. The van der Waals surface area contributed by atoms with E-state index in [0.29, 0.717) is 46.0 Å². The Morgan fingerprint density at radius 2 is 1.78 bits per heavy atom. The number of benzene rings is 3. The van der Waals surface area contributed by atoms with E-state index in [1.807, 2.05) is 36.4 Å². The summed E-state index contributed by atoms with van der Waals surface area (Å²) in [5.74, 6) is -0.766. The molecule has 8 rings (SSSR count). The minimum absolute atomic E-state index is 0.00107. The second-order valence-corrected chi connectivity index (χ2v) is 16.4. The van der Waals surface area contributed by atoms with E-state index in [1.165, 1.54) is 6.20 Å². The molecule has 3 atom stereocenters. The number of alkyl halides is 2. The van der Waals surface area contributed by atoms with Gasteiger partial charge in [-0.3, -0.25) is 4.98 Å². The summed E-state index contributed by atoms with van der Waals surface area (Å²) in [6, 6.07) is 19.6. The number of fused-ring (bicyclic) bond motifs is 1. The third-order valence-corrected chi connectivity index (χ3v) is 12.2. The fourth-order valence-corrected chi connectivity index (χ4v) is 9.43. The standard InChI is InChI=1S/C43H44Cl2F2N4O4/c44-34-16-29(21-50-35-8-3-9-36(35)52)39(54-22-28-15-27(18-48)19-49-20-28)17-40(34)55-37-12-11-31-30(5-1-6-32(31)37)33-7-2-10-38(41(33)45)53-14-4-13-51-25-42(26-51)23-43(46,47)24-42/h1-2,5-7,10,15-17,19-20,35-37,50,52H,3-4,8-9,11-14,21-26H2/t35-,36+,37-/m0/s1. The Bertz CT molecular complexity index is 2080. The summed E-state index contributed by atoms with van der Waals surface area (Å²) in [5, 5.41) is 24.2. The van der Waals surface area contributed by atoms with Gasteiger partial charge in [0.05, 0.1) is 28.3 Å². The lowest BCUT2D eigenvalue weighted by Gasteiger charge is -2.58. The van der Waals surface area contributed by atoms with Crippen LogP contribution in [0.1, 0.15) is 78.9 Å². The highest BCUT2D eigenvalue weighted by molar-refractivity contribution is 6.35. The number of rotatable bonds is 14. The molecule has 1 aromatic heterocycles. The zero-order chi connectivity index (χ0) is 38.2. The van der Waals surface area contributed by atoms with Gasteiger partial charge in [0.2, 0.25) is 5.92 Å². The van der Waals surface area contributed by atoms with Gasteiger partial charge in [-0.05, 0) is 73.4 Å². The first-order chi connectivity index (χ1) is 26.6. The molecular weight excluding hydrogens is 745 g/mol. The molecule has 1 saturated heterocycles. The van der Waals surface area contributed by atoms with Crippen LogP contribution in [0.5, 0.6) is 17.2 Å². The molecule has 0 bridgehead atoms. The number of aromatic nitrogens is 1. The van der Waals surface area contributed by atoms with Gasteiger partial charge < -0.3 is 29.5 Å². The Morgan fingerprint density at radius 3 is 2.56 bits per heavy atom. The molecule has 4 aliphatic rings. The van der Waals surface area contributed by atoms with Gasteiger partial charge in [0.25, 0.3) is 0 Å². The summed E-state index contributed by atoms with van der Waals surface area (Å²) in [4.78, 5) is 6.39. The summed E-state index contributed by atoms with van der Waals surface area (Å²) >= 11 is 13.9. The van der Waals surface area contributed by atoms with E-state index >= 15 is 0 Å². The predicted octanol–water partition coefficient (Wildman–Crippen LogP) is 9.08. The summed E-state index contributed by atoms with van der Waals surface area (Å²) in [5.41, 5.74) is 6.03. The molecule has 3 aliphatic carbocycles. The van der Waals surface area contributed by atoms with Crippen LogP contribution >= 0.6 is 23.2 Å². The average molecular weight is 790 g/mol. The van der Waals surface area contributed by atoms with E-state index < -0.39 is 5.92 Å². The van der Waals surface area contributed by atoms with Crippen LogP contribution in [0.3, 0.4) is 0 Å². The van der Waals surface area contributed by atoms with Crippen molar-refractivity contribution in [2.24, 2.45) is 5.41 Å². The number of nitrogens with zero attached hydrogens (tertiary/aromatic N) is 3. The Hall–Kier alpha value is -3.98. The van der Waals surface area contributed by atoms with Gasteiger partial charge in [0.1, 0.15) is 36.0 Å². The van der Waals surface area contributed by atoms with Crippen molar-refractivity contribution in [1.29, 1.82) is 5.26 Å². The number of ether oxygens (including phenoxy) is 3. The van der Waals surface area contributed by atoms with E-state index in [2.05, 4.69) is 33.4 Å². The smallest absolute Gasteiger partial charge is 0.249 e. The minimum atomic E-state index is -2.48. The maximum Gasteiger partial charge on any atom is 0.249 e. The molecule has 0 unspecified atom stereocenters. The quantitative estimate of drug-likeness (QED) is 0.122. The first-order valence-corrected chi connectivity index (χ1v) is 19.9. The first-order valence-electron chi connectivity index (χ1n) is 19.1. The van der Waals surface area contributed by atoms with Crippen LogP contribution in [0.2, 0.25) is 10.0 Å². The predicted molar refractivity (Wildman–Crippen MR) is 207 cm³/mol. The molecule has 8 nitrogen and oxygen atoms in total. The fraction of sp³-hybridized carbons (Fsp3) is 0.442. The second kappa shape index (κ2) is 15.9. The molecule has 2 saturated carbocycles. The van der Waals surface area contributed by atoms with Crippen molar-refractivity contribution in [2.45, 2.75) is 88.7 Å². The summed E-state index contributed by atoms with van der Waals surface area (Å²) in [7, 11) is 0. The Labute approximate surface area is 330 Å². The molecule has 2 heterocycles. The zero-order valence-electron chi connectivity index (χ0n) is 30.5.